The smallest absolute Gasteiger partial charge is 0.329 e. The number of rotatable bonds is 14. The Morgan fingerprint density at radius 1 is 0.714 bits per heavy atom. The van der Waals surface area contributed by atoms with E-state index in [1.807, 2.05) is 61.5 Å². The summed E-state index contributed by atoms with van der Waals surface area (Å²) >= 11 is 0. The van der Waals surface area contributed by atoms with Gasteiger partial charge in [0, 0.05) is 34.0 Å². The van der Waals surface area contributed by atoms with Crippen molar-refractivity contribution in [1.82, 2.24) is 30.7 Å². The van der Waals surface area contributed by atoms with Gasteiger partial charge >= 0.3 is 5.97 Å². The lowest BCUT2D eigenvalue weighted by Crippen LogP contribution is -2.60. The molecule has 1 unspecified atom stereocenters. The summed E-state index contributed by atoms with van der Waals surface area (Å²) in [5.74, 6) is -4.20. The maximum Gasteiger partial charge on any atom is 0.329 e. The topological polar surface area (TPSA) is 198 Å². The van der Waals surface area contributed by atoms with Gasteiger partial charge in [-0.2, -0.15) is 5.26 Å². The number of likely N-dealkylation sites (N-methyl/N-ethyl adjacent to an activating group) is 3. The molecule has 0 aromatic heterocycles. The Balaban J connectivity index is 2.87. The quantitative estimate of drug-likeness (QED) is 0.178. The largest absolute Gasteiger partial charge is 0.451 e. The summed E-state index contributed by atoms with van der Waals surface area (Å²) in [5.41, 5.74) is -0.490. The molecule has 8 atom stereocenters. The van der Waals surface area contributed by atoms with E-state index in [2.05, 4.69) is 22.9 Å². The first-order chi connectivity index (χ1) is 29.4. The molecule has 0 spiro atoms. The van der Waals surface area contributed by atoms with Gasteiger partial charge in [0.2, 0.25) is 29.5 Å². The minimum absolute atomic E-state index is 0.0193. The molecule has 0 aromatic carbocycles. The van der Waals surface area contributed by atoms with Gasteiger partial charge in [0.25, 0.3) is 5.91 Å². The van der Waals surface area contributed by atoms with Crippen molar-refractivity contribution in [3.63, 3.8) is 0 Å². The van der Waals surface area contributed by atoms with Crippen LogP contribution >= 0.6 is 0 Å². The van der Waals surface area contributed by atoms with E-state index >= 15 is 0 Å². The second-order valence-electron chi connectivity index (χ2n) is 20.6. The Labute approximate surface area is 378 Å². The highest BCUT2D eigenvalue weighted by atomic mass is 16.5. The van der Waals surface area contributed by atoms with Crippen molar-refractivity contribution in [2.24, 2.45) is 29.1 Å². The third-order valence-electron chi connectivity index (χ3n) is 12.6. The number of ether oxygens (including phenoxy) is 1. The van der Waals surface area contributed by atoms with Gasteiger partial charge in [-0.1, -0.05) is 114 Å². The van der Waals surface area contributed by atoms with Gasteiger partial charge in [-0.15, -0.1) is 0 Å². The third kappa shape index (κ3) is 17.7. The molecule has 15 heteroatoms. The normalized spacial score (nSPS) is 26.8. The zero-order valence-corrected chi connectivity index (χ0v) is 41.0. The van der Waals surface area contributed by atoms with E-state index in [0.717, 1.165) is 51.4 Å². The lowest BCUT2D eigenvalue weighted by molar-refractivity contribution is -0.163. The fourth-order valence-electron chi connectivity index (χ4n) is 8.74. The fraction of sp³-hybridized carbons (Fsp3) is 0.833. The molecule has 2 aliphatic rings. The summed E-state index contributed by atoms with van der Waals surface area (Å²) in [7, 11) is 4.53. The maximum atomic E-state index is 14.8. The summed E-state index contributed by atoms with van der Waals surface area (Å²) in [6.45, 7) is 19.0. The molecule has 1 saturated heterocycles. The van der Waals surface area contributed by atoms with E-state index in [1.165, 1.54) is 35.7 Å². The zero-order chi connectivity index (χ0) is 47.8. The Morgan fingerprint density at radius 3 is 1.76 bits per heavy atom. The number of cyclic esters (lactones) is 1. The van der Waals surface area contributed by atoms with E-state index in [-0.39, 0.29) is 62.2 Å². The second-order valence-corrected chi connectivity index (χ2v) is 20.6. The molecule has 1 aliphatic carbocycles. The summed E-state index contributed by atoms with van der Waals surface area (Å²) in [6, 6.07) is -4.48. The predicted octanol–water partition coefficient (Wildman–Crippen LogP) is 5.89. The molecular weight excluding hydrogens is 803 g/mol. The minimum atomic E-state index is -1.48. The molecule has 358 valence electrons. The zero-order valence-electron chi connectivity index (χ0n) is 41.0. The molecule has 2 fully saturated rings. The lowest BCUT2D eigenvalue weighted by atomic mass is 9.84. The number of nitrogens with zero attached hydrogens (tertiary/aromatic N) is 4. The van der Waals surface area contributed by atoms with E-state index in [0.29, 0.717) is 6.42 Å². The van der Waals surface area contributed by atoms with Gasteiger partial charge in [-0.3, -0.25) is 28.8 Å². The van der Waals surface area contributed by atoms with Crippen LogP contribution in [-0.2, 0) is 38.3 Å². The third-order valence-corrected chi connectivity index (χ3v) is 12.6. The highest BCUT2D eigenvalue weighted by Crippen LogP contribution is 2.30. The Morgan fingerprint density at radius 2 is 1.22 bits per heavy atom. The monoisotopic (exact) mass is 886 g/mol. The van der Waals surface area contributed by atoms with Gasteiger partial charge < -0.3 is 35.4 Å². The molecule has 0 radical (unpaired) electrons. The summed E-state index contributed by atoms with van der Waals surface area (Å²) in [4.78, 5) is 105. The number of esters is 1. The van der Waals surface area contributed by atoms with Crippen molar-refractivity contribution >= 4 is 41.4 Å². The van der Waals surface area contributed by atoms with Crippen LogP contribution < -0.4 is 16.0 Å². The Hall–Kier alpha value is -4.22. The van der Waals surface area contributed by atoms with E-state index in [4.69, 9.17) is 4.74 Å². The van der Waals surface area contributed by atoms with Gasteiger partial charge in [0.05, 0.1) is 6.07 Å². The number of carbonyl (C=O) groups excluding carboxylic acids is 7. The summed E-state index contributed by atoms with van der Waals surface area (Å²) in [6.07, 6.45) is 7.11. The van der Waals surface area contributed by atoms with Crippen molar-refractivity contribution in [2.75, 3.05) is 21.1 Å². The lowest BCUT2D eigenvalue weighted by Gasteiger charge is -2.37. The standard InChI is InChI=1S/C48H83N7O8/c1-14-15-20-32(6)27-36-44(59)53(11)33(7)47(62)63-40(23-19-24-49)43(58)52-37(29-48(8,9)10)46(61)54(12)38(26-31(4)5)41(56)50-35(25-30(2)3)45(60)55(13)39(42(57)51-36)28-34-21-17-16-18-22-34/h30-40H,14-23,25-29H2,1-13H3,(H,50,56)(H,51,57)(H,52,58)/t32-,33+,35+,36+,37+,38+,39+,40?/m1/s1. The van der Waals surface area contributed by atoms with Crippen LogP contribution in [0.5, 0.6) is 0 Å². The molecule has 1 saturated carbocycles. The molecule has 1 aliphatic heterocycles. The molecule has 2 rings (SSSR count). The SMILES string of the molecule is CCCC[C@@H](C)C[C@@H]1NC(=O)[C@H](CC2CCCCC2)N(C)C(=O)[C@H](CC(C)C)NC(=O)[C@H](CC(C)C)N(C)C(=O)[C@H](CC(C)(C)C)NC(=O)C(CCC#N)OC(=O)[C@H](C)N(C)C1=O. The molecule has 63 heavy (non-hydrogen) atoms. The van der Waals surface area contributed by atoms with Gasteiger partial charge in [-0.25, -0.2) is 4.79 Å². The summed E-state index contributed by atoms with van der Waals surface area (Å²) in [5, 5.41) is 18.3. The van der Waals surface area contributed by atoms with Gasteiger partial charge in [0.1, 0.15) is 36.3 Å². The number of nitriles is 1. The fourth-order valence-corrected chi connectivity index (χ4v) is 8.74. The van der Waals surface area contributed by atoms with E-state index in [1.54, 1.807) is 7.05 Å². The molecule has 1 heterocycles. The summed E-state index contributed by atoms with van der Waals surface area (Å²) < 4.78 is 5.77. The maximum absolute atomic E-state index is 14.8. The minimum Gasteiger partial charge on any atom is -0.451 e. The van der Waals surface area contributed by atoms with Crippen LogP contribution in [0, 0.1) is 40.4 Å². The Bertz CT molecular complexity index is 1580. The number of nitrogens with one attached hydrogen (secondary N) is 3. The van der Waals surface area contributed by atoms with Crippen molar-refractivity contribution in [1.29, 1.82) is 5.26 Å². The molecule has 0 bridgehead atoms. The van der Waals surface area contributed by atoms with Crippen LogP contribution in [0.3, 0.4) is 0 Å². The highest BCUT2D eigenvalue weighted by Gasteiger charge is 2.41. The van der Waals surface area contributed by atoms with Crippen molar-refractivity contribution < 1.29 is 38.3 Å². The average molecular weight is 886 g/mol. The molecule has 6 amide bonds. The molecule has 3 N–H and O–H groups in total. The first-order valence-electron chi connectivity index (χ1n) is 23.7. The van der Waals surface area contributed by atoms with Crippen LogP contribution in [0.2, 0.25) is 0 Å². The van der Waals surface area contributed by atoms with Crippen LogP contribution in [0.15, 0.2) is 0 Å². The Kier molecular flexibility index (Phi) is 22.6. The van der Waals surface area contributed by atoms with Crippen LogP contribution in [0.1, 0.15) is 166 Å². The number of amides is 6. The first kappa shape index (κ1) is 54.9. The van der Waals surface area contributed by atoms with Crippen LogP contribution in [-0.4, -0.2) is 120 Å². The molecule has 0 aromatic rings. The number of hydrogen-bond donors (Lipinski definition) is 3. The van der Waals surface area contributed by atoms with E-state index < -0.39 is 89.2 Å². The average Bonchev–Trinajstić information content (AvgIpc) is 3.21. The highest BCUT2D eigenvalue weighted by molar-refractivity contribution is 5.97. The second kappa shape index (κ2) is 25.9. The predicted molar refractivity (Wildman–Crippen MR) is 243 cm³/mol. The van der Waals surface area contributed by atoms with Crippen molar-refractivity contribution in [2.45, 2.75) is 208 Å². The molecular formula is C48H83N7O8. The van der Waals surface area contributed by atoms with Crippen LogP contribution in [0.4, 0.5) is 0 Å². The first-order valence-corrected chi connectivity index (χ1v) is 23.7. The van der Waals surface area contributed by atoms with Gasteiger partial charge in [0.15, 0.2) is 6.10 Å². The van der Waals surface area contributed by atoms with Crippen molar-refractivity contribution in [3.8, 4) is 6.07 Å². The number of hydrogen-bond acceptors (Lipinski definition) is 9. The van der Waals surface area contributed by atoms with Crippen LogP contribution in [0.25, 0.3) is 0 Å². The van der Waals surface area contributed by atoms with E-state index in [9.17, 15) is 38.8 Å². The van der Waals surface area contributed by atoms with Crippen molar-refractivity contribution in [3.05, 3.63) is 0 Å². The molecule has 15 nitrogen and oxygen atoms in total. The number of carbonyl (C=O) groups is 7. The van der Waals surface area contributed by atoms with Gasteiger partial charge in [-0.05, 0) is 68.1 Å². The number of unbranched alkanes of at least 4 members (excludes halogenated alkanes) is 1.